The van der Waals surface area contributed by atoms with Crippen LogP contribution in [-0.4, -0.2) is 115 Å². The standard InChI is InChI=1S/C41H60N9O13P/c1-4-22(2)34(41(58)59)49-39(56)32(20-25-21-45-29-11-6-5-9-27(25)29)48-40(57)35(23(3)51)50-38(55)31(19-24-12-14-26(15-13-24)63-64(60,61)62)47-37(54)30(16-17-33(44)52)46-36(53)28(43)10-7-8-18-42/h5-6,9,11-15,21-23,28,30-32,34-35,45,51H,4,7-8,10,16-20,42-43H2,1-3H3,(H2,44,52)(H,46,53)(H,47,54)(H,48,57)(H,49,56)(H,50,55)(H,58,59)(H2,60,61,62)/t22-,23+,28-,30-,31-,32-,34-,35-/m0/s1. The number of hydrogen-bond acceptors (Lipinski definition) is 12. The van der Waals surface area contributed by atoms with Crippen LogP contribution < -0.4 is 48.3 Å². The van der Waals surface area contributed by atoms with Gasteiger partial charge in [0.25, 0.3) is 0 Å². The van der Waals surface area contributed by atoms with Crippen molar-refractivity contribution in [2.24, 2.45) is 23.1 Å². The number of aliphatic hydroxyl groups excluding tert-OH is 1. The molecule has 6 amide bonds. The number of aromatic nitrogens is 1. The summed E-state index contributed by atoms with van der Waals surface area (Å²) in [4.78, 5) is 114. The molecule has 16 N–H and O–H groups in total. The predicted octanol–water partition coefficient (Wildman–Crippen LogP) is -0.918. The SMILES string of the molecule is CC[C@H](C)[C@H](NC(=O)[C@H](Cc1c[nH]c2ccccc12)NC(=O)[C@@H](NC(=O)[C@H](Cc1ccc(OP(=O)(O)O)cc1)NC(=O)[C@H](CCC(N)=O)NC(=O)[C@@H](N)CCCCN)[C@@H](C)O)C(=O)O. The number of benzene rings is 2. The van der Waals surface area contributed by atoms with Gasteiger partial charge in [-0.05, 0) is 68.0 Å². The van der Waals surface area contributed by atoms with Gasteiger partial charge >= 0.3 is 13.8 Å². The molecule has 2 aromatic carbocycles. The van der Waals surface area contributed by atoms with Gasteiger partial charge in [-0.2, -0.15) is 0 Å². The van der Waals surface area contributed by atoms with E-state index in [1.54, 1.807) is 44.3 Å². The Morgan fingerprint density at radius 2 is 1.34 bits per heavy atom. The second-order valence-corrected chi connectivity index (χ2v) is 16.7. The molecule has 1 aromatic heterocycles. The number of amides is 6. The Morgan fingerprint density at radius 1 is 0.766 bits per heavy atom. The lowest BCUT2D eigenvalue weighted by Crippen LogP contribution is -2.62. The number of H-pyrrole nitrogens is 1. The lowest BCUT2D eigenvalue weighted by Gasteiger charge is -2.28. The minimum absolute atomic E-state index is 0.148. The molecule has 0 unspecified atom stereocenters. The van der Waals surface area contributed by atoms with Crippen molar-refractivity contribution in [3.05, 3.63) is 65.9 Å². The van der Waals surface area contributed by atoms with Crippen molar-refractivity contribution in [2.75, 3.05) is 6.54 Å². The number of fused-ring (bicyclic) bond motifs is 1. The summed E-state index contributed by atoms with van der Waals surface area (Å²) in [6.45, 7) is 4.93. The van der Waals surface area contributed by atoms with Crippen LogP contribution in [-0.2, 0) is 51.0 Å². The minimum atomic E-state index is -4.93. The summed E-state index contributed by atoms with van der Waals surface area (Å²) in [5, 5.41) is 34.0. The molecule has 3 aromatic rings. The summed E-state index contributed by atoms with van der Waals surface area (Å²) < 4.78 is 16.0. The van der Waals surface area contributed by atoms with E-state index in [0.717, 1.165) is 5.52 Å². The molecule has 0 bridgehead atoms. The van der Waals surface area contributed by atoms with Gasteiger partial charge in [-0.25, -0.2) is 9.36 Å². The maximum Gasteiger partial charge on any atom is 0.524 e. The van der Waals surface area contributed by atoms with Gasteiger partial charge in [0, 0.05) is 36.4 Å². The zero-order chi connectivity index (χ0) is 47.7. The molecule has 0 fully saturated rings. The fourth-order valence-corrected chi connectivity index (χ4v) is 7.00. The number of unbranched alkanes of at least 4 members (excludes halogenated alkanes) is 1. The van der Waals surface area contributed by atoms with E-state index < -0.39 is 97.5 Å². The number of para-hydroxylation sites is 1. The van der Waals surface area contributed by atoms with Gasteiger partial charge in [0.1, 0.15) is 36.0 Å². The molecule has 0 aliphatic rings. The molecule has 23 heteroatoms. The molecule has 64 heavy (non-hydrogen) atoms. The second-order valence-electron chi connectivity index (χ2n) is 15.5. The largest absolute Gasteiger partial charge is 0.524 e. The predicted molar refractivity (Wildman–Crippen MR) is 233 cm³/mol. The van der Waals surface area contributed by atoms with E-state index in [2.05, 4.69) is 36.1 Å². The van der Waals surface area contributed by atoms with Gasteiger partial charge < -0.3 is 63.5 Å². The average Bonchev–Trinajstić information content (AvgIpc) is 3.64. The maximum atomic E-state index is 14.2. The summed E-state index contributed by atoms with van der Waals surface area (Å²) in [7, 11) is -4.93. The molecule has 0 saturated heterocycles. The van der Waals surface area contributed by atoms with Gasteiger partial charge in [-0.15, -0.1) is 0 Å². The number of carbonyl (C=O) groups is 7. The first-order valence-corrected chi connectivity index (χ1v) is 22.2. The Balaban J connectivity index is 1.97. The topological polar surface area (TPSA) is 381 Å². The fourth-order valence-electron chi connectivity index (χ4n) is 6.60. The van der Waals surface area contributed by atoms with Crippen molar-refractivity contribution in [2.45, 2.75) is 114 Å². The molecule has 0 aliphatic heterocycles. The second kappa shape index (κ2) is 24.8. The van der Waals surface area contributed by atoms with Crippen molar-refractivity contribution in [1.82, 2.24) is 31.6 Å². The van der Waals surface area contributed by atoms with Crippen molar-refractivity contribution in [1.29, 1.82) is 0 Å². The van der Waals surface area contributed by atoms with Crippen LogP contribution in [0.25, 0.3) is 10.9 Å². The number of rotatable bonds is 27. The summed E-state index contributed by atoms with van der Waals surface area (Å²) in [6, 6.07) is 3.54. The van der Waals surface area contributed by atoms with Crippen LogP contribution in [0.15, 0.2) is 54.7 Å². The van der Waals surface area contributed by atoms with E-state index in [1.807, 2.05) is 0 Å². The molecule has 1 heterocycles. The van der Waals surface area contributed by atoms with E-state index in [4.69, 9.17) is 17.2 Å². The van der Waals surface area contributed by atoms with Crippen LogP contribution in [0.4, 0.5) is 0 Å². The maximum absolute atomic E-state index is 14.2. The van der Waals surface area contributed by atoms with Crippen LogP contribution in [0.5, 0.6) is 5.75 Å². The fraction of sp³-hybridized carbons (Fsp3) is 0.488. The van der Waals surface area contributed by atoms with Gasteiger partial charge in [0.2, 0.25) is 35.4 Å². The Morgan fingerprint density at radius 3 is 1.92 bits per heavy atom. The Hall–Kier alpha value is -5.90. The normalized spacial score (nSPS) is 15.2. The molecule has 0 radical (unpaired) electrons. The highest BCUT2D eigenvalue weighted by Gasteiger charge is 2.36. The van der Waals surface area contributed by atoms with E-state index in [-0.39, 0.29) is 37.9 Å². The molecule has 0 saturated carbocycles. The third-order valence-corrected chi connectivity index (χ3v) is 10.9. The van der Waals surface area contributed by atoms with Crippen molar-refractivity contribution < 1.29 is 62.7 Å². The third kappa shape index (κ3) is 16.7. The minimum Gasteiger partial charge on any atom is -0.480 e. The molecular weight excluding hydrogens is 857 g/mol. The smallest absolute Gasteiger partial charge is 0.480 e. The number of carbonyl (C=O) groups excluding carboxylic acids is 6. The Bertz CT molecular complexity index is 2130. The number of carboxylic acids is 1. The Labute approximate surface area is 369 Å². The number of phosphoric acid groups is 1. The number of primary amides is 1. The third-order valence-electron chi connectivity index (χ3n) is 10.4. The van der Waals surface area contributed by atoms with Crippen LogP contribution in [0.3, 0.4) is 0 Å². The van der Waals surface area contributed by atoms with E-state index in [9.17, 15) is 58.1 Å². The summed E-state index contributed by atoms with van der Waals surface area (Å²) in [6.07, 6.45) is 0.558. The van der Waals surface area contributed by atoms with Gasteiger partial charge in [0.05, 0.1) is 12.1 Å². The number of carboxylic acid groups (broad SMARTS) is 1. The molecule has 0 spiro atoms. The highest BCUT2D eigenvalue weighted by Crippen LogP contribution is 2.37. The summed E-state index contributed by atoms with van der Waals surface area (Å²) in [5.41, 5.74) is 18.5. The molecule has 0 aliphatic carbocycles. The highest BCUT2D eigenvalue weighted by molar-refractivity contribution is 7.46. The number of aliphatic carboxylic acids is 1. The van der Waals surface area contributed by atoms with Gasteiger partial charge in [-0.3, -0.25) is 38.6 Å². The first-order chi connectivity index (χ1) is 30.1. The van der Waals surface area contributed by atoms with Crippen LogP contribution >= 0.6 is 7.82 Å². The summed E-state index contributed by atoms with van der Waals surface area (Å²) in [5.74, 6) is -7.50. The monoisotopic (exact) mass is 917 g/mol. The number of aromatic amines is 1. The number of hydrogen-bond donors (Lipinski definition) is 13. The highest BCUT2D eigenvalue weighted by atomic mass is 31.2. The van der Waals surface area contributed by atoms with Crippen molar-refractivity contribution in [3.8, 4) is 5.75 Å². The molecule has 3 rings (SSSR count). The van der Waals surface area contributed by atoms with E-state index in [0.29, 0.717) is 42.3 Å². The lowest BCUT2D eigenvalue weighted by atomic mass is 9.97. The van der Waals surface area contributed by atoms with Crippen molar-refractivity contribution >= 4 is 60.1 Å². The number of nitrogens with one attached hydrogen (secondary N) is 6. The number of nitrogens with two attached hydrogens (primary N) is 3. The summed E-state index contributed by atoms with van der Waals surface area (Å²) >= 11 is 0. The average molecular weight is 918 g/mol. The van der Waals surface area contributed by atoms with E-state index >= 15 is 0 Å². The van der Waals surface area contributed by atoms with Gasteiger partial charge in [0.15, 0.2) is 0 Å². The van der Waals surface area contributed by atoms with Crippen LogP contribution in [0.2, 0.25) is 0 Å². The van der Waals surface area contributed by atoms with Crippen molar-refractivity contribution in [3.63, 3.8) is 0 Å². The van der Waals surface area contributed by atoms with Crippen LogP contribution in [0, 0.1) is 5.92 Å². The van der Waals surface area contributed by atoms with E-state index in [1.165, 1.54) is 31.2 Å². The molecule has 352 valence electrons. The first-order valence-electron chi connectivity index (χ1n) is 20.7. The zero-order valence-electron chi connectivity index (χ0n) is 35.8. The zero-order valence-corrected chi connectivity index (χ0v) is 36.7. The molecular formula is C41H60N9O13P. The number of phosphoric ester groups is 1. The molecule has 8 atom stereocenters. The molecule has 22 nitrogen and oxygen atoms in total. The Kier molecular flexibility index (Phi) is 20.3. The van der Waals surface area contributed by atoms with Gasteiger partial charge in [-0.1, -0.05) is 57.0 Å². The quantitative estimate of drug-likeness (QED) is 0.0325. The first kappa shape index (κ1) is 52.4. The number of aliphatic hydroxyl groups is 1. The lowest BCUT2D eigenvalue weighted by molar-refractivity contribution is -0.144. The van der Waals surface area contributed by atoms with Crippen LogP contribution in [0.1, 0.15) is 70.4 Å².